The lowest BCUT2D eigenvalue weighted by Crippen LogP contribution is -2.26. The lowest BCUT2D eigenvalue weighted by atomic mass is 10.1. The smallest absolute Gasteiger partial charge is 0.121 e. The number of rotatable bonds is 9. The second-order valence-electron chi connectivity index (χ2n) is 6.84. The molecule has 0 bridgehead atoms. The van der Waals surface area contributed by atoms with Gasteiger partial charge in [-0.15, -0.1) is 0 Å². The highest BCUT2D eigenvalue weighted by Crippen LogP contribution is 2.26. The first kappa shape index (κ1) is 17.8. The summed E-state index contributed by atoms with van der Waals surface area (Å²) in [5.74, 6) is 1.75. The van der Waals surface area contributed by atoms with Crippen molar-refractivity contribution in [3.63, 3.8) is 0 Å². The summed E-state index contributed by atoms with van der Waals surface area (Å²) in [6, 6.07) is 19.2. The molecular formula is C22H30N2O. The Morgan fingerprint density at radius 1 is 1.12 bits per heavy atom. The highest BCUT2D eigenvalue weighted by Gasteiger charge is 2.22. The molecule has 1 N–H and O–H groups in total. The molecule has 0 aromatic heterocycles. The zero-order chi connectivity index (χ0) is 17.3. The summed E-state index contributed by atoms with van der Waals surface area (Å²) in [7, 11) is 0. The van der Waals surface area contributed by atoms with Crippen molar-refractivity contribution in [1.29, 1.82) is 0 Å². The van der Waals surface area contributed by atoms with Gasteiger partial charge in [-0.2, -0.15) is 0 Å². The van der Waals surface area contributed by atoms with Gasteiger partial charge in [0.15, 0.2) is 0 Å². The monoisotopic (exact) mass is 338 g/mol. The van der Waals surface area contributed by atoms with E-state index >= 15 is 0 Å². The molecular weight excluding hydrogens is 308 g/mol. The van der Waals surface area contributed by atoms with Crippen LogP contribution in [0.4, 0.5) is 5.69 Å². The number of anilines is 1. The summed E-state index contributed by atoms with van der Waals surface area (Å²) >= 11 is 0. The van der Waals surface area contributed by atoms with Crippen LogP contribution < -0.4 is 15.0 Å². The average Bonchev–Trinajstić information content (AvgIpc) is 3.14. The van der Waals surface area contributed by atoms with Gasteiger partial charge in [0.05, 0.1) is 6.61 Å². The van der Waals surface area contributed by atoms with E-state index in [-0.39, 0.29) is 0 Å². The number of ether oxygens (including phenoxy) is 1. The summed E-state index contributed by atoms with van der Waals surface area (Å²) in [4.78, 5) is 2.48. The maximum Gasteiger partial charge on any atom is 0.121 e. The quantitative estimate of drug-likeness (QED) is 0.696. The van der Waals surface area contributed by atoms with Crippen LogP contribution in [0, 0.1) is 5.92 Å². The van der Waals surface area contributed by atoms with Gasteiger partial charge in [0.1, 0.15) is 5.75 Å². The molecule has 1 aliphatic heterocycles. The van der Waals surface area contributed by atoms with Gasteiger partial charge in [0.25, 0.3) is 0 Å². The second-order valence-corrected chi connectivity index (χ2v) is 6.84. The maximum absolute atomic E-state index is 5.98. The standard InChI is InChI=1S/C22H30N2O/c1-2-23-17-20-13-14-24(18-20)21-11-6-12-22(16-21)25-15-7-10-19-8-4-3-5-9-19/h3-6,8-9,11-12,16,20,23H,2,7,10,13-15,17-18H2,1H3. The maximum atomic E-state index is 5.98. The van der Waals surface area contributed by atoms with Crippen LogP contribution in [0.1, 0.15) is 25.3 Å². The van der Waals surface area contributed by atoms with Crippen molar-refractivity contribution < 1.29 is 4.74 Å². The van der Waals surface area contributed by atoms with E-state index < -0.39 is 0 Å². The lowest BCUT2D eigenvalue weighted by molar-refractivity contribution is 0.311. The minimum absolute atomic E-state index is 0.760. The Morgan fingerprint density at radius 3 is 2.84 bits per heavy atom. The molecule has 0 spiro atoms. The molecule has 0 radical (unpaired) electrons. The number of benzene rings is 2. The highest BCUT2D eigenvalue weighted by atomic mass is 16.5. The van der Waals surface area contributed by atoms with Crippen LogP contribution in [0.2, 0.25) is 0 Å². The fraction of sp³-hybridized carbons (Fsp3) is 0.455. The number of nitrogens with zero attached hydrogens (tertiary/aromatic N) is 1. The Hall–Kier alpha value is -2.00. The highest BCUT2D eigenvalue weighted by molar-refractivity contribution is 5.51. The zero-order valence-electron chi connectivity index (χ0n) is 15.3. The van der Waals surface area contributed by atoms with E-state index in [0.717, 1.165) is 57.3 Å². The summed E-state index contributed by atoms with van der Waals surface area (Å²) < 4.78 is 5.98. The molecule has 1 heterocycles. The van der Waals surface area contributed by atoms with Gasteiger partial charge >= 0.3 is 0 Å². The molecule has 3 nitrogen and oxygen atoms in total. The van der Waals surface area contributed by atoms with Crippen molar-refractivity contribution in [2.24, 2.45) is 5.92 Å². The number of aryl methyl sites for hydroxylation is 1. The third-order valence-electron chi connectivity index (χ3n) is 4.87. The SMILES string of the molecule is CCNCC1CCN(c2cccc(OCCCc3ccccc3)c2)C1. The van der Waals surface area contributed by atoms with Crippen LogP contribution in [-0.4, -0.2) is 32.8 Å². The van der Waals surface area contributed by atoms with E-state index in [1.807, 2.05) is 0 Å². The fourth-order valence-corrected chi connectivity index (χ4v) is 3.46. The molecule has 1 atom stereocenters. The molecule has 1 unspecified atom stereocenters. The largest absolute Gasteiger partial charge is 0.494 e. The first-order valence-corrected chi connectivity index (χ1v) is 9.57. The van der Waals surface area contributed by atoms with Crippen LogP contribution in [0.15, 0.2) is 54.6 Å². The van der Waals surface area contributed by atoms with Gasteiger partial charge in [0.2, 0.25) is 0 Å². The number of nitrogens with one attached hydrogen (secondary N) is 1. The number of hydrogen-bond acceptors (Lipinski definition) is 3. The second kappa shape index (κ2) is 9.47. The van der Waals surface area contributed by atoms with Crippen LogP contribution in [-0.2, 0) is 6.42 Å². The van der Waals surface area contributed by atoms with Crippen molar-refractivity contribution >= 4 is 5.69 Å². The van der Waals surface area contributed by atoms with Gasteiger partial charge < -0.3 is 15.0 Å². The van der Waals surface area contributed by atoms with Crippen molar-refractivity contribution in [3.8, 4) is 5.75 Å². The fourth-order valence-electron chi connectivity index (χ4n) is 3.46. The van der Waals surface area contributed by atoms with Gasteiger partial charge in [-0.1, -0.05) is 43.3 Å². The van der Waals surface area contributed by atoms with E-state index in [0.29, 0.717) is 0 Å². The third kappa shape index (κ3) is 5.50. The predicted molar refractivity (Wildman–Crippen MR) is 106 cm³/mol. The molecule has 0 amide bonds. The molecule has 2 aromatic rings. The third-order valence-corrected chi connectivity index (χ3v) is 4.87. The molecule has 1 fully saturated rings. The van der Waals surface area contributed by atoms with Crippen molar-refractivity contribution in [3.05, 3.63) is 60.2 Å². The van der Waals surface area contributed by atoms with Crippen LogP contribution in [0.5, 0.6) is 5.75 Å². The van der Waals surface area contributed by atoms with Crippen molar-refractivity contribution in [2.45, 2.75) is 26.2 Å². The Balaban J connectivity index is 1.45. The first-order valence-electron chi connectivity index (χ1n) is 9.57. The summed E-state index contributed by atoms with van der Waals surface area (Å²) in [5, 5.41) is 3.47. The molecule has 0 saturated carbocycles. The molecule has 0 aliphatic carbocycles. The van der Waals surface area contributed by atoms with Crippen molar-refractivity contribution in [1.82, 2.24) is 5.32 Å². The minimum atomic E-state index is 0.760. The summed E-state index contributed by atoms with van der Waals surface area (Å²) in [6.45, 7) is 7.41. The topological polar surface area (TPSA) is 24.5 Å². The molecule has 134 valence electrons. The first-order chi connectivity index (χ1) is 12.3. The predicted octanol–water partition coefficient (Wildman–Crippen LogP) is 4.13. The van der Waals surface area contributed by atoms with Gasteiger partial charge in [-0.05, 0) is 56.0 Å². The van der Waals surface area contributed by atoms with E-state index in [2.05, 4.69) is 71.7 Å². The zero-order valence-corrected chi connectivity index (χ0v) is 15.3. The van der Waals surface area contributed by atoms with Crippen LogP contribution >= 0.6 is 0 Å². The normalized spacial score (nSPS) is 17.0. The molecule has 1 aliphatic rings. The molecule has 25 heavy (non-hydrogen) atoms. The Bertz CT molecular complexity index is 629. The molecule has 3 rings (SSSR count). The van der Waals surface area contributed by atoms with E-state index in [1.165, 1.54) is 17.7 Å². The van der Waals surface area contributed by atoms with E-state index in [9.17, 15) is 0 Å². The molecule has 2 aromatic carbocycles. The Kier molecular flexibility index (Phi) is 6.75. The Labute approximate surface area is 152 Å². The summed E-state index contributed by atoms with van der Waals surface area (Å²) in [6.07, 6.45) is 3.39. The van der Waals surface area contributed by atoms with Crippen molar-refractivity contribution in [2.75, 3.05) is 37.7 Å². The molecule has 3 heteroatoms. The van der Waals surface area contributed by atoms with E-state index in [4.69, 9.17) is 4.74 Å². The van der Waals surface area contributed by atoms with Gasteiger partial charge in [0, 0.05) is 24.8 Å². The van der Waals surface area contributed by atoms with E-state index in [1.54, 1.807) is 0 Å². The summed E-state index contributed by atoms with van der Waals surface area (Å²) in [5.41, 5.74) is 2.67. The molecule has 1 saturated heterocycles. The minimum Gasteiger partial charge on any atom is -0.494 e. The van der Waals surface area contributed by atoms with Gasteiger partial charge in [-0.25, -0.2) is 0 Å². The Morgan fingerprint density at radius 2 is 2.00 bits per heavy atom. The van der Waals surface area contributed by atoms with Crippen LogP contribution in [0.25, 0.3) is 0 Å². The number of hydrogen-bond donors (Lipinski definition) is 1. The lowest BCUT2D eigenvalue weighted by Gasteiger charge is -2.20. The van der Waals surface area contributed by atoms with Crippen LogP contribution in [0.3, 0.4) is 0 Å². The average molecular weight is 338 g/mol. The van der Waals surface area contributed by atoms with Gasteiger partial charge in [-0.3, -0.25) is 0 Å².